The number of nitrogens with zero attached hydrogens (tertiary/aromatic N) is 2. The Morgan fingerprint density at radius 2 is 1.79 bits per heavy atom. The molecule has 0 spiro atoms. The maximum Gasteiger partial charge on any atom is 0.317 e. The Kier molecular flexibility index (Phi) is 11.4. The highest BCUT2D eigenvalue weighted by molar-refractivity contribution is 5.93. The number of benzene rings is 1. The van der Waals surface area contributed by atoms with E-state index in [0.717, 1.165) is 31.6 Å². The maximum absolute atomic E-state index is 13.2. The molecule has 0 bridgehead atoms. The van der Waals surface area contributed by atoms with Crippen LogP contribution in [0.3, 0.4) is 0 Å². The fourth-order valence-electron chi connectivity index (χ4n) is 5.14. The van der Waals surface area contributed by atoms with Gasteiger partial charge in [-0.1, -0.05) is 32.0 Å². The van der Waals surface area contributed by atoms with Gasteiger partial charge in [-0.2, -0.15) is 0 Å². The molecule has 3 unspecified atom stereocenters. The average molecular weight is 545 g/mol. The van der Waals surface area contributed by atoms with Gasteiger partial charge in [0.2, 0.25) is 17.7 Å². The van der Waals surface area contributed by atoms with Crippen LogP contribution in [-0.4, -0.2) is 91.0 Å². The first kappa shape index (κ1) is 30.2. The summed E-state index contributed by atoms with van der Waals surface area (Å²) < 4.78 is 5.42. The van der Waals surface area contributed by atoms with Crippen LogP contribution in [0.1, 0.15) is 57.9 Å². The van der Waals surface area contributed by atoms with Crippen LogP contribution < -0.4 is 26.4 Å². The number of carbonyl (C=O) groups is 4. The molecule has 4 aliphatic rings. The van der Waals surface area contributed by atoms with Gasteiger partial charge in [-0.05, 0) is 63.6 Å². The molecule has 3 aliphatic heterocycles. The quantitative estimate of drug-likeness (QED) is 0.438. The fraction of sp³-hybridized carbons (Fsp3) is 0.643. The number of hydrogen-bond acceptors (Lipinski definition) is 6. The van der Waals surface area contributed by atoms with Crippen LogP contribution in [0.15, 0.2) is 24.3 Å². The van der Waals surface area contributed by atoms with Crippen LogP contribution in [0.25, 0.3) is 0 Å². The van der Waals surface area contributed by atoms with Gasteiger partial charge in [0, 0.05) is 18.6 Å². The van der Waals surface area contributed by atoms with E-state index in [0.29, 0.717) is 25.8 Å². The predicted molar refractivity (Wildman–Crippen MR) is 148 cm³/mol. The summed E-state index contributed by atoms with van der Waals surface area (Å²) >= 11 is 0. The lowest BCUT2D eigenvalue weighted by atomic mass is 10.1. The van der Waals surface area contributed by atoms with Crippen molar-refractivity contribution < 1.29 is 23.9 Å². The van der Waals surface area contributed by atoms with E-state index >= 15 is 0 Å². The van der Waals surface area contributed by atoms with E-state index in [-0.39, 0.29) is 43.0 Å². The Balaban J connectivity index is 0.000000289. The predicted octanol–water partition coefficient (Wildman–Crippen LogP) is 1.15. The van der Waals surface area contributed by atoms with Gasteiger partial charge < -0.3 is 36.2 Å². The van der Waals surface area contributed by atoms with Gasteiger partial charge in [0.1, 0.15) is 17.8 Å². The van der Waals surface area contributed by atoms with Crippen LogP contribution in [0, 0.1) is 0 Å². The van der Waals surface area contributed by atoms with E-state index in [2.05, 4.69) is 28.1 Å². The summed E-state index contributed by atoms with van der Waals surface area (Å²) in [7, 11) is 1.63. The van der Waals surface area contributed by atoms with Gasteiger partial charge in [-0.25, -0.2) is 4.79 Å². The lowest BCUT2D eigenvalue weighted by molar-refractivity contribution is -0.143. The summed E-state index contributed by atoms with van der Waals surface area (Å²) in [6.07, 6.45) is 6.04. The Labute approximate surface area is 231 Å². The summed E-state index contributed by atoms with van der Waals surface area (Å²) in [5, 5.41) is 8.37. The highest BCUT2D eigenvalue weighted by Crippen LogP contribution is 2.29. The molecular weight excluding hydrogens is 500 g/mol. The van der Waals surface area contributed by atoms with Crippen molar-refractivity contribution in [2.45, 2.75) is 83.0 Å². The molecule has 216 valence electrons. The van der Waals surface area contributed by atoms with Gasteiger partial charge in [-0.3, -0.25) is 14.4 Å². The van der Waals surface area contributed by atoms with Crippen molar-refractivity contribution in [3.63, 3.8) is 0 Å². The first-order chi connectivity index (χ1) is 18.9. The second-order valence-corrected chi connectivity index (χ2v) is 10.1. The smallest absolute Gasteiger partial charge is 0.317 e. The number of fused-ring (bicyclic) bond motifs is 2. The van der Waals surface area contributed by atoms with E-state index in [1.807, 2.05) is 26.0 Å². The Hall–Kier alpha value is -3.34. The minimum atomic E-state index is -0.904. The number of likely N-dealkylation sites (N-methyl/N-ethyl adjacent to an activating group) is 1. The van der Waals surface area contributed by atoms with Gasteiger partial charge in [0.05, 0.1) is 19.7 Å². The molecule has 5 N–H and O–H groups in total. The van der Waals surface area contributed by atoms with E-state index in [1.165, 1.54) is 16.9 Å². The summed E-state index contributed by atoms with van der Waals surface area (Å²) in [5.74, 6) is -0.149. The number of nitrogens with two attached hydrogens (primary N) is 1. The summed E-state index contributed by atoms with van der Waals surface area (Å²) in [5.41, 5.74) is 6.84. The molecule has 3 heterocycles. The lowest BCUT2D eigenvalue weighted by Gasteiger charge is -2.38. The molecule has 1 aromatic rings. The van der Waals surface area contributed by atoms with E-state index in [1.54, 1.807) is 11.9 Å². The van der Waals surface area contributed by atoms with Crippen LogP contribution in [0.5, 0.6) is 5.75 Å². The summed E-state index contributed by atoms with van der Waals surface area (Å²) in [6.45, 7) is 5.47. The summed E-state index contributed by atoms with van der Waals surface area (Å²) in [6, 6.07) is 6.53. The molecule has 0 aromatic heterocycles. The number of urea groups is 1. The molecule has 0 radical (unpaired) electrons. The molecule has 3 fully saturated rings. The van der Waals surface area contributed by atoms with Crippen molar-refractivity contribution in [2.75, 3.05) is 33.3 Å². The molecule has 11 heteroatoms. The molecule has 1 aliphatic carbocycles. The number of primary amides is 1. The maximum atomic E-state index is 13.2. The molecule has 5 amide bonds. The Morgan fingerprint density at radius 1 is 1.05 bits per heavy atom. The first-order valence-electron chi connectivity index (χ1n) is 14.2. The monoisotopic (exact) mass is 544 g/mol. The number of aryl methyl sites for hydroxylation is 1. The SMILES string of the molecule is CC.CNCC(=O)NC1CN(C(=O)NC2CC2)CCC2CCC(C(N)=O)N2C1=O.c1ccc2c(c1)CCCO2. The third-order valence-corrected chi connectivity index (χ3v) is 7.20. The standard InChI is InChI=1S/C17H28N6O4.C9H10O.C2H6/c1-19-8-14(24)21-12-9-22(17(27)20-10-2-3-10)7-6-11-4-5-13(15(18)25)23(11)16(12)26;1-2-6-9-8(4-1)5-3-7-10-9;1-2/h10-13,19H,2-9H2,1H3,(H2,18,25)(H,20,27)(H,21,24);1-2,4,6H,3,5,7H2;1-2H3. The number of ether oxygens (including phenoxy) is 1. The molecular formula is C28H44N6O5. The molecule has 1 aromatic carbocycles. The molecule has 11 nitrogen and oxygen atoms in total. The highest BCUT2D eigenvalue weighted by Gasteiger charge is 2.44. The normalized spacial score (nSPS) is 23.7. The first-order valence-corrected chi connectivity index (χ1v) is 14.2. The minimum Gasteiger partial charge on any atom is -0.493 e. The largest absolute Gasteiger partial charge is 0.493 e. The van der Waals surface area contributed by atoms with E-state index in [9.17, 15) is 19.2 Å². The molecule has 2 saturated heterocycles. The van der Waals surface area contributed by atoms with Gasteiger partial charge >= 0.3 is 6.03 Å². The average Bonchev–Trinajstić information content (AvgIpc) is 3.65. The third kappa shape index (κ3) is 8.32. The van der Waals surface area contributed by atoms with E-state index < -0.39 is 18.0 Å². The van der Waals surface area contributed by atoms with Crippen molar-refractivity contribution in [1.29, 1.82) is 0 Å². The van der Waals surface area contributed by atoms with Crippen molar-refractivity contribution in [3.05, 3.63) is 29.8 Å². The lowest BCUT2D eigenvalue weighted by Crippen LogP contribution is -2.62. The number of carbonyl (C=O) groups excluding carboxylic acids is 4. The van der Waals surface area contributed by atoms with Gasteiger partial charge in [0.25, 0.3) is 0 Å². The minimum absolute atomic E-state index is 0.0563. The van der Waals surface area contributed by atoms with Crippen LogP contribution >= 0.6 is 0 Å². The third-order valence-electron chi connectivity index (χ3n) is 7.20. The van der Waals surface area contributed by atoms with Crippen molar-refractivity contribution in [3.8, 4) is 5.75 Å². The molecule has 5 rings (SSSR count). The second-order valence-electron chi connectivity index (χ2n) is 10.1. The molecule has 39 heavy (non-hydrogen) atoms. The van der Waals surface area contributed by atoms with Crippen molar-refractivity contribution >= 4 is 23.8 Å². The van der Waals surface area contributed by atoms with Crippen molar-refractivity contribution in [1.82, 2.24) is 25.8 Å². The number of hydrogen-bond donors (Lipinski definition) is 4. The van der Waals surface area contributed by atoms with Crippen LogP contribution in [-0.2, 0) is 20.8 Å². The Morgan fingerprint density at radius 3 is 2.46 bits per heavy atom. The van der Waals surface area contributed by atoms with Crippen LogP contribution in [0.4, 0.5) is 4.79 Å². The van der Waals surface area contributed by atoms with E-state index in [4.69, 9.17) is 10.5 Å². The zero-order chi connectivity index (χ0) is 28.4. The second kappa shape index (κ2) is 14.7. The molecule has 3 atom stereocenters. The summed E-state index contributed by atoms with van der Waals surface area (Å²) in [4.78, 5) is 52.7. The van der Waals surface area contributed by atoms with Crippen LogP contribution in [0.2, 0.25) is 0 Å². The zero-order valence-electron chi connectivity index (χ0n) is 23.4. The topological polar surface area (TPSA) is 146 Å². The zero-order valence-corrected chi connectivity index (χ0v) is 23.4. The Bertz CT molecular complexity index is 975. The highest BCUT2D eigenvalue weighted by atomic mass is 16.5. The van der Waals surface area contributed by atoms with Gasteiger partial charge in [-0.15, -0.1) is 0 Å². The molecule has 1 saturated carbocycles. The number of nitrogens with one attached hydrogen (secondary N) is 3. The number of para-hydroxylation sites is 1. The fourth-order valence-corrected chi connectivity index (χ4v) is 5.14. The van der Waals surface area contributed by atoms with Crippen molar-refractivity contribution in [2.24, 2.45) is 5.73 Å². The number of rotatable bonds is 5. The van der Waals surface area contributed by atoms with Gasteiger partial charge in [0.15, 0.2) is 0 Å². The number of amides is 5.